The highest BCUT2D eigenvalue weighted by atomic mass is 16.5. The molecule has 0 spiro atoms. The molecule has 82 valence electrons. The van der Waals surface area contributed by atoms with Crippen molar-refractivity contribution in [3.8, 4) is 5.75 Å². The van der Waals surface area contributed by atoms with Crippen LogP contribution >= 0.6 is 0 Å². The Morgan fingerprint density at radius 2 is 2.00 bits per heavy atom. The van der Waals surface area contributed by atoms with Gasteiger partial charge in [-0.2, -0.15) is 0 Å². The molecule has 2 rings (SSSR count). The number of anilines is 1. The van der Waals surface area contributed by atoms with E-state index in [1.807, 2.05) is 25.1 Å². The molecule has 0 aliphatic rings. The Morgan fingerprint density at radius 1 is 1.12 bits per heavy atom. The van der Waals surface area contributed by atoms with Gasteiger partial charge < -0.3 is 10.5 Å². The number of aromatic nitrogens is 2. The molecule has 0 bridgehead atoms. The minimum atomic E-state index is 0.470. The van der Waals surface area contributed by atoms with Gasteiger partial charge in [0.1, 0.15) is 18.2 Å². The van der Waals surface area contributed by atoms with Crippen molar-refractivity contribution in [3.63, 3.8) is 0 Å². The number of aryl methyl sites for hydroxylation is 1. The fourth-order valence-corrected chi connectivity index (χ4v) is 1.23. The zero-order valence-corrected chi connectivity index (χ0v) is 9.05. The van der Waals surface area contributed by atoms with E-state index in [0.29, 0.717) is 12.4 Å². The van der Waals surface area contributed by atoms with Crippen LogP contribution in [0.25, 0.3) is 0 Å². The third-order valence-corrected chi connectivity index (χ3v) is 2.14. The van der Waals surface area contributed by atoms with Crippen LogP contribution in [0.5, 0.6) is 5.75 Å². The first-order valence-corrected chi connectivity index (χ1v) is 5.00. The SMILES string of the molecule is Cc1ccc(OCc2ccc(N)nc2)cn1. The standard InChI is InChI=1S/C12H13N3O/c1-9-2-4-11(7-14-9)16-8-10-3-5-12(13)15-6-10/h2-7H,8H2,1H3,(H2,13,15). The summed E-state index contributed by atoms with van der Waals surface area (Å²) in [5.41, 5.74) is 7.44. The van der Waals surface area contributed by atoms with E-state index in [1.54, 1.807) is 18.5 Å². The summed E-state index contributed by atoms with van der Waals surface area (Å²) in [4.78, 5) is 8.13. The van der Waals surface area contributed by atoms with Crippen molar-refractivity contribution in [2.45, 2.75) is 13.5 Å². The monoisotopic (exact) mass is 215 g/mol. The zero-order chi connectivity index (χ0) is 11.4. The molecule has 0 fully saturated rings. The van der Waals surface area contributed by atoms with Gasteiger partial charge >= 0.3 is 0 Å². The van der Waals surface area contributed by atoms with E-state index in [1.165, 1.54) is 0 Å². The van der Waals surface area contributed by atoms with Crippen LogP contribution in [0.15, 0.2) is 36.7 Å². The van der Waals surface area contributed by atoms with Gasteiger partial charge in [-0.15, -0.1) is 0 Å². The van der Waals surface area contributed by atoms with Crippen molar-refractivity contribution in [2.75, 3.05) is 5.73 Å². The highest BCUT2D eigenvalue weighted by Crippen LogP contribution is 2.11. The zero-order valence-electron chi connectivity index (χ0n) is 9.05. The second-order valence-corrected chi connectivity index (χ2v) is 3.52. The number of ether oxygens (including phenoxy) is 1. The summed E-state index contributed by atoms with van der Waals surface area (Å²) in [6, 6.07) is 7.46. The van der Waals surface area contributed by atoms with Crippen LogP contribution in [0.2, 0.25) is 0 Å². The average molecular weight is 215 g/mol. The fourth-order valence-electron chi connectivity index (χ4n) is 1.23. The molecular weight excluding hydrogens is 202 g/mol. The molecule has 2 N–H and O–H groups in total. The quantitative estimate of drug-likeness (QED) is 0.850. The van der Waals surface area contributed by atoms with Crippen LogP contribution in [0.3, 0.4) is 0 Å². The number of nitrogens with zero attached hydrogens (tertiary/aromatic N) is 2. The number of pyridine rings is 2. The highest BCUT2D eigenvalue weighted by molar-refractivity contribution is 5.29. The topological polar surface area (TPSA) is 61.0 Å². The first kappa shape index (κ1) is 10.4. The van der Waals surface area contributed by atoms with Crippen LogP contribution < -0.4 is 10.5 Å². The molecule has 0 radical (unpaired) electrons. The molecule has 0 aromatic carbocycles. The van der Waals surface area contributed by atoms with Crippen LogP contribution in [-0.4, -0.2) is 9.97 Å². The molecule has 0 aliphatic carbocycles. The molecule has 0 amide bonds. The van der Waals surface area contributed by atoms with Crippen molar-refractivity contribution in [3.05, 3.63) is 47.9 Å². The smallest absolute Gasteiger partial charge is 0.138 e. The van der Waals surface area contributed by atoms with E-state index in [4.69, 9.17) is 10.5 Å². The number of nitrogen functional groups attached to an aromatic ring is 1. The average Bonchev–Trinajstić information content (AvgIpc) is 2.30. The summed E-state index contributed by atoms with van der Waals surface area (Å²) >= 11 is 0. The van der Waals surface area contributed by atoms with Gasteiger partial charge in [-0.3, -0.25) is 4.98 Å². The third kappa shape index (κ3) is 2.70. The lowest BCUT2D eigenvalue weighted by atomic mass is 10.3. The van der Waals surface area contributed by atoms with Gasteiger partial charge in [0.05, 0.1) is 6.20 Å². The summed E-state index contributed by atoms with van der Waals surface area (Å²) in [6.07, 6.45) is 3.41. The van der Waals surface area contributed by atoms with Gasteiger partial charge in [-0.1, -0.05) is 6.07 Å². The molecule has 0 saturated carbocycles. The Labute approximate surface area is 94.1 Å². The predicted octanol–water partition coefficient (Wildman–Crippen LogP) is 1.95. The molecule has 2 heterocycles. The molecule has 16 heavy (non-hydrogen) atoms. The molecule has 4 nitrogen and oxygen atoms in total. The Morgan fingerprint density at radius 3 is 2.62 bits per heavy atom. The highest BCUT2D eigenvalue weighted by Gasteiger charge is 1.96. The minimum Gasteiger partial charge on any atom is -0.487 e. The molecular formula is C12H13N3O. The van der Waals surface area contributed by atoms with Crippen molar-refractivity contribution in [1.82, 2.24) is 9.97 Å². The third-order valence-electron chi connectivity index (χ3n) is 2.14. The number of hydrogen-bond acceptors (Lipinski definition) is 4. The van der Waals surface area contributed by atoms with E-state index in [-0.39, 0.29) is 0 Å². The van der Waals surface area contributed by atoms with E-state index >= 15 is 0 Å². The lowest BCUT2D eigenvalue weighted by Gasteiger charge is -2.05. The van der Waals surface area contributed by atoms with E-state index in [9.17, 15) is 0 Å². The Balaban J connectivity index is 1.97. The number of hydrogen-bond donors (Lipinski definition) is 1. The maximum Gasteiger partial charge on any atom is 0.138 e. The molecule has 0 aliphatic heterocycles. The van der Waals surface area contributed by atoms with Crippen molar-refractivity contribution in [1.29, 1.82) is 0 Å². The predicted molar refractivity (Wildman–Crippen MR) is 62.0 cm³/mol. The Kier molecular flexibility index (Phi) is 3.00. The molecule has 0 atom stereocenters. The van der Waals surface area contributed by atoms with Crippen molar-refractivity contribution < 1.29 is 4.74 Å². The van der Waals surface area contributed by atoms with Gasteiger partial charge in [0.15, 0.2) is 0 Å². The van der Waals surface area contributed by atoms with Gasteiger partial charge in [-0.05, 0) is 25.1 Å². The molecule has 2 aromatic rings. The first-order valence-electron chi connectivity index (χ1n) is 5.00. The summed E-state index contributed by atoms with van der Waals surface area (Å²) < 4.78 is 5.54. The summed E-state index contributed by atoms with van der Waals surface area (Å²) in [6.45, 7) is 2.41. The lowest BCUT2D eigenvalue weighted by molar-refractivity contribution is 0.304. The van der Waals surface area contributed by atoms with Gasteiger partial charge in [0.25, 0.3) is 0 Å². The summed E-state index contributed by atoms with van der Waals surface area (Å²) in [5, 5.41) is 0. The maximum atomic E-state index is 5.54. The first-order chi connectivity index (χ1) is 7.74. The van der Waals surface area contributed by atoms with Crippen LogP contribution in [0.1, 0.15) is 11.3 Å². The molecule has 4 heteroatoms. The van der Waals surface area contributed by atoms with E-state index < -0.39 is 0 Å². The van der Waals surface area contributed by atoms with Crippen LogP contribution in [0, 0.1) is 6.92 Å². The molecule has 2 aromatic heterocycles. The minimum absolute atomic E-state index is 0.470. The van der Waals surface area contributed by atoms with Gasteiger partial charge in [-0.25, -0.2) is 4.98 Å². The molecule has 0 unspecified atom stereocenters. The van der Waals surface area contributed by atoms with Gasteiger partial charge in [0, 0.05) is 17.5 Å². The lowest BCUT2D eigenvalue weighted by Crippen LogP contribution is -1.98. The van der Waals surface area contributed by atoms with Crippen LogP contribution in [-0.2, 0) is 6.61 Å². The van der Waals surface area contributed by atoms with Crippen molar-refractivity contribution in [2.24, 2.45) is 0 Å². The normalized spacial score (nSPS) is 10.1. The fraction of sp³-hybridized carbons (Fsp3) is 0.167. The Hall–Kier alpha value is -2.10. The maximum absolute atomic E-state index is 5.54. The van der Waals surface area contributed by atoms with E-state index in [2.05, 4.69) is 9.97 Å². The Bertz CT molecular complexity index is 405. The summed E-state index contributed by atoms with van der Waals surface area (Å²) in [7, 11) is 0. The number of nitrogens with two attached hydrogens (primary N) is 1. The van der Waals surface area contributed by atoms with Crippen LogP contribution in [0.4, 0.5) is 5.82 Å². The second-order valence-electron chi connectivity index (χ2n) is 3.52. The molecule has 0 saturated heterocycles. The van der Waals surface area contributed by atoms with Gasteiger partial charge in [0.2, 0.25) is 0 Å². The number of rotatable bonds is 3. The summed E-state index contributed by atoms with van der Waals surface area (Å²) in [5.74, 6) is 1.27. The second kappa shape index (κ2) is 4.61. The largest absolute Gasteiger partial charge is 0.487 e. The van der Waals surface area contributed by atoms with Crippen molar-refractivity contribution >= 4 is 5.82 Å². The van der Waals surface area contributed by atoms with E-state index in [0.717, 1.165) is 17.0 Å².